The van der Waals surface area contributed by atoms with Crippen LogP contribution in [0.5, 0.6) is 0 Å². The molecule has 0 radical (unpaired) electrons. The molecule has 2 aromatic heterocycles. The van der Waals surface area contributed by atoms with Crippen molar-refractivity contribution in [2.45, 2.75) is 24.8 Å². The Morgan fingerprint density at radius 1 is 1.50 bits per heavy atom. The summed E-state index contributed by atoms with van der Waals surface area (Å²) in [6, 6.07) is 0. The SMILES string of the molecule is CCc1nn(C)cc1CNS(=O)(=O)c1cn[nH]c1. The first-order valence-electron chi connectivity index (χ1n) is 5.52. The van der Waals surface area contributed by atoms with Gasteiger partial charge in [-0.3, -0.25) is 9.78 Å². The van der Waals surface area contributed by atoms with Gasteiger partial charge in [-0.05, 0) is 6.42 Å². The Bertz CT molecular complexity index is 615. The molecule has 2 N–H and O–H groups in total. The van der Waals surface area contributed by atoms with Crippen LogP contribution in [-0.2, 0) is 30.0 Å². The lowest BCUT2D eigenvalue weighted by atomic mass is 10.2. The molecule has 0 saturated carbocycles. The summed E-state index contributed by atoms with van der Waals surface area (Å²) in [5.74, 6) is 0. The predicted molar refractivity (Wildman–Crippen MR) is 65.2 cm³/mol. The number of aryl methyl sites for hydroxylation is 2. The van der Waals surface area contributed by atoms with Crippen LogP contribution < -0.4 is 4.72 Å². The molecule has 0 atom stereocenters. The van der Waals surface area contributed by atoms with Crippen molar-refractivity contribution in [1.82, 2.24) is 24.7 Å². The maximum absolute atomic E-state index is 11.9. The van der Waals surface area contributed by atoms with Crippen LogP contribution in [0.15, 0.2) is 23.5 Å². The van der Waals surface area contributed by atoms with Crippen LogP contribution in [0.1, 0.15) is 18.2 Å². The Morgan fingerprint density at radius 3 is 2.89 bits per heavy atom. The highest BCUT2D eigenvalue weighted by atomic mass is 32.2. The van der Waals surface area contributed by atoms with Crippen LogP contribution in [0.3, 0.4) is 0 Å². The van der Waals surface area contributed by atoms with E-state index in [1.54, 1.807) is 4.68 Å². The van der Waals surface area contributed by atoms with Gasteiger partial charge in [0.1, 0.15) is 4.90 Å². The van der Waals surface area contributed by atoms with Gasteiger partial charge in [0, 0.05) is 31.5 Å². The molecule has 0 aliphatic rings. The third kappa shape index (κ3) is 2.59. The maximum Gasteiger partial charge on any atom is 0.243 e. The lowest BCUT2D eigenvalue weighted by Gasteiger charge is -2.03. The quantitative estimate of drug-likeness (QED) is 0.810. The molecule has 0 fully saturated rings. The van der Waals surface area contributed by atoms with Crippen LogP contribution in [0.4, 0.5) is 0 Å². The lowest BCUT2D eigenvalue weighted by molar-refractivity contribution is 0.581. The zero-order valence-corrected chi connectivity index (χ0v) is 11.0. The minimum Gasteiger partial charge on any atom is -0.284 e. The van der Waals surface area contributed by atoms with E-state index in [-0.39, 0.29) is 11.4 Å². The largest absolute Gasteiger partial charge is 0.284 e. The number of aromatic nitrogens is 4. The zero-order valence-electron chi connectivity index (χ0n) is 10.2. The standard InChI is InChI=1S/C10H15N5O2S/c1-3-10-8(7-15(2)14-10)4-13-18(16,17)9-5-11-12-6-9/h5-7,13H,3-4H2,1-2H3,(H,11,12). The number of rotatable bonds is 5. The van der Waals surface area contributed by atoms with Gasteiger partial charge in [-0.25, -0.2) is 13.1 Å². The van der Waals surface area contributed by atoms with Gasteiger partial charge in [-0.2, -0.15) is 10.2 Å². The van der Waals surface area contributed by atoms with Crippen molar-refractivity contribution in [2.75, 3.05) is 0 Å². The Balaban J connectivity index is 2.12. The van der Waals surface area contributed by atoms with Crippen LogP contribution in [0, 0.1) is 0 Å². The molecule has 0 aromatic carbocycles. The van der Waals surface area contributed by atoms with Gasteiger partial charge in [-0.1, -0.05) is 6.92 Å². The maximum atomic E-state index is 11.9. The fraction of sp³-hybridized carbons (Fsp3) is 0.400. The molecule has 0 spiro atoms. The summed E-state index contributed by atoms with van der Waals surface area (Å²) in [7, 11) is -1.70. The first-order valence-corrected chi connectivity index (χ1v) is 7.01. The third-order valence-electron chi connectivity index (χ3n) is 2.56. The van der Waals surface area contributed by atoms with Crippen molar-refractivity contribution in [1.29, 1.82) is 0 Å². The fourth-order valence-electron chi connectivity index (χ4n) is 1.67. The van der Waals surface area contributed by atoms with Crippen molar-refractivity contribution < 1.29 is 8.42 Å². The van der Waals surface area contributed by atoms with Gasteiger partial charge < -0.3 is 0 Å². The van der Waals surface area contributed by atoms with Crippen molar-refractivity contribution >= 4 is 10.0 Å². The average molecular weight is 269 g/mol. The number of aromatic amines is 1. The second kappa shape index (κ2) is 4.91. The molecule has 7 nitrogen and oxygen atoms in total. The average Bonchev–Trinajstić information content (AvgIpc) is 2.95. The van der Waals surface area contributed by atoms with Crippen LogP contribution in [0.2, 0.25) is 0 Å². The van der Waals surface area contributed by atoms with E-state index in [1.807, 2.05) is 20.2 Å². The lowest BCUT2D eigenvalue weighted by Crippen LogP contribution is -2.23. The van der Waals surface area contributed by atoms with E-state index in [4.69, 9.17) is 0 Å². The molecule has 2 aromatic rings. The first-order chi connectivity index (χ1) is 8.53. The van der Waals surface area contributed by atoms with E-state index in [1.165, 1.54) is 12.4 Å². The number of nitrogens with zero attached hydrogens (tertiary/aromatic N) is 3. The van der Waals surface area contributed by atoms with Gasteiger partial charge >= 0.3 is 0 Å². The molecule has 98 valence electrons. The van der Waals surface area contributed by atoms with Gasteiger partial charge in [0.15, 0.2) is 0 Å². The molecule has 0 bridgehead atoms. The molecule has 18 heavy (non-hydrogen) atoms. The number of H-pyrrole nitrogens is 1. The number of hydrogen-bond acceptors (Lipinski definition) is 4. The summed E-state index contributed by atoms with van der Waals surface area (Å²) in [6.45, 7) is 2.21. The molecular weight excluding hydrogens is 254 g/mol. The summed E-state index contributed by atoms with van der Waals surface area (Å²) in [4.78, 5) is 0.129. The topological polar surface area (TPSA) is 92.7 Å². The Kier molecular flexibility index (Phi) is 3.48. The minimum absolute atomic E-state index is 0.129. The normalized spacial score (nSPS) is 11.9. The van der Waals surface area contributed by atoms with Crippen LogP contribution >= 0.6 is 0 Å². The van der Waals surface area contributed by atoms with E-state index in [9.17, 15) is 8.42 Å². The smallest absolute Gasteiger partial charge is 0.243 e. The van der Waals surface area contributed by atoms with Gasteiger partial charge in [0.2, 0.25) is 10.0 Å². The number of hydrogen-bond donors (Lipinski definition) is 2. The van der Waals surface area contributed by atoms with Crippen LogP contribution in [-0.4, -0.2) is 28.4 Å². The summed E-state index contributed by atoms with van der Waals surface area (Å²) < 4.78 is 28.0. The summed E-state index contributed by atoms with van der Waals surface area (Å²) >= 11 is 0. The van der Waals surface area contributed by atoms with Gasteiger partial charge in [0.25, 0.3) is 0 Å². The number of sulfonamides is 1. The molecule has 2 heterocycles. The van der Waals surface area contributed by atoms with E-state index < -0.39 is 10.0 Å². The van der Waals surface area contributed by atoms with E-state index >= 15 is 0 Å². The highest BCUT2D eigenvalue weighted by Crippen LogP contribution is 2.10. The van der Waals surface area contributed by atoms with Crippen molar-refractivity contribution in [3.8, 4) is 0 Å². The molecular formula is C10H15N5O2S. The van der Waals surface area contributed by atoms with E-state index in [0.29, 0.717) is 0 Å². The van der Waals surface area contributed by atoms with Crippen molar-refractivity contribution in [3.05, 3.63) is 29.8 Å². The Morgan fingerprint density at radius 2 is 2.28 bits per heavy atom. The zero-order chi connectivity index (χ0) is 13.2. The molecule has 0 saturated heterocycles. The van der Waals surface area contributed by atoms with Gasteiger partial charge in [0.05, 0.1) is 11.9 Å². The first kappa shape index (κ1) is 12.8. The molecule has 0 aliphatic heterocycles. The molecule has 2 rings (SSSR count). The monoisotopic (exact) mass is 269 g/mol. The second-order valence-electron chi connectivity index (χ2n) is 3.89. The third-order valence-corrected chi connectivity index (χ3v) is 3.93. The molecule has 0 aliphatic carbocycles. The highest BCUT2D eigenvalue weighted by molar-refractivity contribution is 7.89. The fourth-order valence-corrected chi connectivity index (χ4v) is 2.58. The van der Waals surface area contributed by atoms with Gasteiger partial charge in [-0.15, -0.1) is 0 Å². The summed E-state index contributed by atoms with van der Waals surface area (Å²) in [5.41, 5.74) is 1.78. The number of nitrogens with one attached hydrogen (secondary N) is 2. The van der Waals surface area contributed by atoms with E-state index in [2.05, 4.69) is 20.0 Å². The summed E-state index contributed by atoms with van der Waals surface area (Å²) in [6.07, 6.45) is 5.19. The predicted octanol–water partition coefficient (Wildman–Crippen LogP) is 0.184. The molecule has 8 heteroatoms. The molecule has 0 amide bonds. The summed E-state index contributed by atoms with van der Waals surface area (Å²) in [5, 5.41) is 10.4. The Hall–Kier alpha value is -1.67. The Labute approximate surface area is 105 Å². The minimum atomic E-state index is -3.51. The molecule has 0 unspecified atom stereocenters. The van der Waals surface area contributed by atoms with Crippen LogP contribution in [0.25, 0.3) is 0 Å². The second-order valence-corrected chi connectivity index (χ2v) is 5.65. The van der Waals surface area contributed by atoms with E-state index in [0.717, 1.165) is 17.7 Å². The van der Waals surface area contributed by atoms with Crippen molar-refractivity contribution in [3.63, 3.8) is 0 Å². The van der Waals surface area contributed by atoms with Crippen molar-refractivity contribution in [2.24, 2.45) is 7.05 Å². The highest BCUT2D eigenvalue weighted by Gasteiger charge is 2.16.